The number of halogens is 3. The van der Waals surface area contributed by atoms with Crippen LogP contribution in [-0.2, 0) is 17.8 Å². The van der Waals surface area contributed by atoms with Gasteiger partial charge in [0.15, 0.2) is 0 Å². The predicted molar refractivity (Wildman–Crippen MR) is 78.1 cm³/mol. The number of aryl methyl sites for hydroxylation is 1. The van der Waals surface area contributed by atoms with Crippen molar-refractivity contribution in [3.63, 3.8) is 0 Å². The van der Waals surface area contributed by atoms with Crippen LogP contribution in [0.2, 0.25) is 0 Å². The molecule has 0 radical (unpaired) electrons. The molecule has 24 heavy (non-hydrogen) atoms. The molecule has 10 heteroatoms. The lowest BCUT2D eigenvalue weighted by atomic mass is 10.1. The highest BCUT2D eigenvalue weighted by molar-refractivity contribution is 5.70. The van der Waals surface area contributed by atoms with E-state index in [2.05, 4.69) is 15.1 Å². The Morgan fingerprint density at radius 2 is 2.12 bits per heavy atom. The summed E-state index contributed by atoms with van der Waals surface area (Å²) in [5.41, 5.74) is 0.151. The number of aliphatic carboxylic acids is 1. The van der Waals surface area contributed by atoms with E-state index in [1.165, 1.54) is 31.5 Å². The highest BCUT2D eigenvalue weighted by Gasteiger charge is 2.28. The Labute approximate surface area is 133 Å². The summed E-state index contributed by atoms with van der Waals surface area (Å²) in [4.78, 5) is 29.0. The van der Waals surface area contributed by atoms with Crippen LogP contribution in [0.25, 0.3) is 12.2 Å². The zero-order chi connectivity index (χ0) is 17.9. The fourth-order valence-corrected chi connectivity index (χ4v) is 1.98. The van der Waals surface area contributed by atoms with Gasteiger partial charge in [0.1, 0.15) is 12.4 Å². The Morgan fingerprint density at radius 1 is 1.42 bits per heavy atom. The van der Waals surface area contributed by atoms with E-state index in [-0.39, 0.29) is 17.1 Å². The van der Waals surface area contributed by atoms with Crippen LogP contribution in [0, 0.1) is 6.92 Å². The van der Waals surface area contributed by atoms with Gasteiger partial charge in [-0.15, -0.1) is 0 Å². The molecule has 0 spiro atoms. The van der Waals surface area contributed by atoms with Gasteiger partial charge in [0, 0.05) is 23.0 Å². The maximum absolute atomic E-state index is 12.2. The fraction of sp³-hybridized carbons (Fsp3) is 0.286. The van der Waals surface area contributed by atoms with Gasteiger partial charge in [-0.2, -0.15) is 18.3 Å². The summed E-state index contributed by atoms with van der Waals surface area (Å²) in [5.74, 6) is -0.985. The topological polar surface area (TPSA) is 101 Å². The Morgan fingerprint density at radius 3 is 2.71 bits per heavy atom. The molecular weight excluding hydrogens is 329 g/mol. The molecule has 0 aliphatic rings. The number of aromatic amines is 1. The maximum Gasteiger partial charge on any atom is 0.408 e. The normalized spacial score (nSPS) is 12.0. The molecular formula is C14H13F3N4O3. The summed E-state index contributed by atoms with van der Waals surface area (Å²) < 4.78 is 37.5. The number of rotatable bonds is 5. The molecule has 0 atom stereocenters. The molecule has 0 bridgehead atoms. The van der Waals surface area contributed by atoms with E-state index in [4.69, 9.17) is 5.11 Å². The van der Waals surface area contributed by atoms with Gasteiger partial charge in [0.25, 0.3) is 5.56 Å². The monoisotopic (exact) mass is 342 g/mol. The van der Waals surface area contributed by atoms with Crippen LogP contribution < -0.4 is 5.56 Å². The number of H-pyrrole nitrogens is 1. The zero-order valence-corrected chi connectivity index (χ0v) is 12.5. The van der Waals surface area contributed by atoms with Crippen molar-refractivity contribution in [2.75, 3.05) is 0 Å². The fourth-order valence-electron chi connectivity index (χ4n) is 1.98. The first-order valence-corrected chi connectivity index (χ1v) is 6.73. The number of alkyl halides is 3. The molecule has 2 rings (SSSR count). The second-order valence-corrected chi connectivity index (χ2v) is 5.01. The zero-order valence-electron chi connectivity index (χ0n) is 12.5. The number of aromatic nitrogens is 4. The van der Waals surface area contributed by atoms with Crippen LogP contribution in [0.15, 0.2) is 17.2 Å². The third kappa shape index (κ3) is 4.80. The lowest BCUT2D eigenvalue weighted by molar-refractivity contribution is -0.142. The van der Waals surface area contributed by atoms with Crippen molar-refractivity contribution in [2.45, 2.75) is 26.1 Å². The van der Waals surface area contributed by atoms with Crippen LogP contribution in [0.3, 0.4) is 0 Å². The summed E-state index contributed by atoms with van der Waals surface area (Å²) in [6, 6.07) is 0. The predicted octanol–water partition coefficient (Wildman–Crippen LogP) is 1.63. The minimum Gasteiger partial charge on any atom is -0.481 e. The van der Waals surface area contributed by atoms with Gasteiger partial charge in [-0.3, -0.25) is 14.3 Å². The van der Waals surface area contributed by atoms with Gasteiger partial charge in [-0.05, 0) is 19.1 Å². The molecule has 0 saturated carbocycles. The second kappa shape index (κ2) is 6.69. The molecule has 2 aromatic heterocycles. The minimum atomic E-state index is -4.36. The third-order valence-electron chi connectivity index (χ3n) is 3.00. The summed E-state index contributed by atoms with van der Waals surface area (Å²) in [6.07, 6.45) is 0.474. The van der Waals surface area contributed by atoms with Crippen LogP contribution in [-0.4, -0.2) is 37.0 Å². The van der Waals surface area contributed by atoms with Crippen LogP contribution >= 0.6 is 0 Å². The van der Waals surface area contributed by atoms with E-state index in [0.29, 0.717) is 5.56 Å². The highest BCUT2D eigenvalue weighted by Crippen LogP contribution is 2.17. The summed E-state index contributed by atoms with van der Waals surface area (Å²) in [6.45, 7) is 0.311. The lowest BCUT2D eigenvalue weighted by Crippen LogP contribution is -2.20. The van der Waals surface area contributed by atoms with Crippen LogP contribution in [0.1, 0.15) is 22.6 Å². The maximum atomic E-state index is 12.2. The van der Waals surface area contributed by atoms with Gasteiger partial charge >= 0.3 is 12.1 Å². The highest BCUT2D eigenvalue weighted by atomic mass is 19.4. The van der Waals surface area contributed by atoms with E-state index in [9.17, 15) is 22.8 Å². The van der Waals surface area contributed by atoms with Crippen molar-refractivity contribution in [1.29, 1.82) is 0 Å². The summed E-state index contributed by atoms with van der Waals surface area (Å²) >= 11 is 0. The van der Waals surface area contributed by atoms with Gasteiger partial charge in [-0.1, -0.05) is 0 Å². The van der Waals surface area contributed by atoms with E-state index < -0.39 is 30.7 Å². The summed E-state index contributed by atoms with van der Waals surface area (Å²) in [5, 5.41) is 12.3. The molecule has 128 valence electrons. The van der Waals surface area contributed by atoms with E-state index >= 15 is 0 Å². The van der Waals surface area contributed by atoms with Crippen molar-refractivity contribution in [3.05, 3.63) is 45.4 Å². The molecule has 2 aromatic rings. The smallest absolute Gasteiger partial charge is 0.408 e. The van der Waals surface area contributed by atoms with Gasteiger partial charge in [-0.25, -0.2) is 4.98 Å². The number of hydrogen-bond acceptors (Lipinski definition) is 4. The molecule has 7 nitrogen and oxygen atoms in total. The first-order chi connectivity index (χ1) is 11.1. The quantitative estimate of drug-likeness (QED) is 0.860. The molecule has 0 aromatic carbocycles. The average Bonchev–Trinajstić information content (AvgIpc) is 2.85. The van der Waals surface area contributed by atoms with E-state index in [1.54, 1.807) is 0 Å². The minimum absolute atomic E-state index is 0.0534. The van der Waals surface area contributed by atoms with E-state index in [1.807, 2.05) is 0 Å². The Balaban J connectivity index is 2.18. The molecule has 0 aliphatic heterocycles. The Kier molecular flexibility index (Phi) is 4.86. The summed E-state index contributed by atoms with van der Waals surface area (Å²) in [7, 11) is 0. The van der Waals surface area contributed by atoms with Crippen LogP contribution in [0.5, 0.6) is 0 Å². The molecule has 0 amide bonds. The van der Waals surface area contributed by atoms with Crippen molar-refractivity contribution in [1.82, 2.24) is 19.7 Å². The number of nitrogens with one attached hydrogen (secondary N) is 1. The lowest BCUT2D eigenvalue weighted by Gasteiger charge is -2.04. The van der Waals surface area contributed by atoms with Gasteiger partial charge in [0.2, 0.25) is 0 Å². The first kappa shape index (κ1) is 17.4. The molecule has 0 aliphatic carbocycles. The number of nitrogens with zero attached hydrogens (tertiary/aromatic N) is 3. The van der Waals surface area contributed by atoms with Crippen LogP contribution in [0.4, 0.5) is 13.2 Å². The molecule has 0 unspecified atom stereocenters. The number of carbonyl (C=O) groups is 1. The van der Waals surface area contributed by atoms with Gasteiger partial charge < -0.3 is 10.1 Å². The molecule has 2 heterocycles. The third-order valence-corrected chi connectivity index (χ3v) is 3.00. The largest absolute Gasteiger partial charge is 0.481 e. The molecule has 2 N–H and O–H groups in total. The van der Waals surface area contributed by atoms with Crippen molar-refractivity contribution in [3.8, 4) is 0 Å². The first-order valence-electron chi connectivity index (χ1n) is 6.73. The number of hydrogen-bond donors (Lipinski definition) is 2. The average molecular weight is 342 g/mol. The standard InChI is InChI=1S/C14H13F3N4O3/c1-8-10(4-12(22)23)13(24)20-11(19-8)3-2-9-5-18-21(6-9)7-14(15,16)17/h2-3,5-6H,4,7H2,1H3,(H,22,23)(H,19,20,24)/b3-2+. The van der Waals surface area contributed by atoms with Crippen molar-refractivity contribution >= 4 is 18.1 Å². The van der Waals surface area contributed by atoms with Crippen molar-refractivity contribution in [2.24, 2.45) is 0 Å². The Hall–Kier alpha value is -2.91. The Bertz CT molecular complexity index is 837. The molecule has 0 saturated heterocycles. The number of carboxylic acid groups (broad SMARTS) is 1. The van der Waals surface area contributed by atoms with Gasteiger partial charge in [0.05, 0.1) is 12.6 Å². The van der Waals surface area contributed by atoms with E-state index in [0.717, 1.165) is 4.68 Å². The number of carboxylic acids is 1. The molecule has 0 fully saturated rings. The second-order valence-electron chi connectivity index (χ2n) is 5.01. The SMILES string of the molecule is Cc1nc(/C=C/c2cnn(CC(F)(F)F)c2)[nH]c(=O)c1CC(=O)O. The van der Waals surface area contributed by atoms with Crippen molar-refractivity contribution < 1.29 is 23.1 Å².